The molecule has 34 heavy (non-hydrogen) atoms. The van der Waals surface area contributed by atoms with E-state index in [9.17, 15) is 22.4 Å². The minimum absolute atomic E-state index is 0.0742. The monoisotopic (exact) mass is 491 g/mol. The van der Waals surface area contributed by atoms with Gasteiger partial charge in [0.15, 0.2) is 0 Å². The number of nitrogens with zero attached hydrogens (tertiary/aromatic N) is 2. The molecule has 1 fully saturated rings. The first-order valence-corrected chi connectivity index (χ1v) is 12.6. The van der Waals surface area contributed by atoms with Crippen LogP contribution in [0.3, 0.4) is 0 Å². The van der Waals surface area contributed by atoms with Gasteiger partial charge in [0.2, 0.25) is 10.0 Å². The van der Waals surface area contributed by atoms with Gasteiger partial charge in [-0.1, -0.05) is 32.0 Å². The normalized spacial score (nSPS) is 15.1. The van der Waals surface area contributed by atoms with E-state index in [-0.39, 0.29) is 61.6 Å². The predicted octanol–water partition coefficient (Wildman–Crippen LogP) is 3.00. The minimum Gasteiger partial charge on any atom is -0.462 e. The maximum absolute atomic E-state index is 14.1. The summed E-state index contributed by atoms with van der Waals surface area (Å²) in [4.78, 5) is 26.0. The van der Waals surface area contributed by atoms with E-state index in [2.05, 4.69) is 5.32 Å². The Morgan fingerprint density at radius 3 is 2.24 bits per heavy atom. The van der Waals surface area contributed by atoms with Crippen molar-refractivity contribution in [1.82, 2.24) is 14.5 Å². The van der Waals surface area contributed by atoms with Crippen LogP contribution >= 0.6 is 0 Å². The third-order valence-electron chi connectivity index (χ3n) is 5.81. The molecule has 0 aromatic heterocycles. The molecule has 1 heterocycles. The van der Waals surface area contributed by atoms with Gasteiger partial charge >= 0.3 is 12.0 Å². The van der Waals surface area contributed by atoms with E-state index in [1.807, 2.05) is 13.8 Å². The molecule has 2 amide bonds. The minimum atomic E-state index is -3.76. The number of carbonyl (C=O) groups is 2. The molecule has 0 radical (unpaired) electrons. The van der Waals surface area contributed by atoms with Crippen LogP contribution in [-0.4, -0.2) is 69.0 Å². The van der Waals surface area contributed by atoms with E-state index < -0.39 is 21.4 Å². The summed E-state index contributed by atoms with van der Waals surface area (Å²) in [7, 11) is -3.76. The molecule has 0 bridgehead atoms. The third-order valence-corrected chi connectivity index (χ3v) is 7.73. The number of piperazine rings is 1. The molecule has 3 rings (SSSR count). The van der Waals surface area contributed by atoms with Crippen LogP contribution in [0.15, 0.2) is 53.4 Å². The highest BCUT2D eigenvalue weighted by atomic mass is 32.2. The van der Waals surface area contributed by atoms with Crippen molar-refractivity contribution < 1.29 is 27.1 Å². The number of ether oxygens (including phenoxy) is 1. The van der Waals surface area contributed by atoms with Crippen LogP contribution in [0.5, 0.6) is 0 Å². The van der Waals surface area contributed by atoms with Crippen molar-refractivity contribution in [2.45, 2.75) is 31.1 Å². The van der Waals surface area contributed by atoms with Crippen molar-refractivity contribution in [2.24, 2.45) is 0 Å². The lowest BCUT2D eigenvalue weighted by Gasteiger charge is -2.35. The largest absolute Gasteiger partial charge is 0.462 e. The second kappa shape index (κ2) is 10.5. The number of carbonyl (C=O) groups excluding carboxylic acids is 2. The molecule has 1 aliphatic rings. The average molecular weight is 492 g/mol. The number of nitrogens with one attached hydrogen (secondary N) is 1. The van der Waals surface area contributed by atoms with Crippen LogP contribution < -0.4 is 5.32 Å². The Morgan fingerprint density at radius 1 is 1.03 bits per heavy atom. The molecule has 0 unspecified atom stereocenters. The fourth-order valence-corrected chi connectivity index (χ4v) is 5.19. The fraction of sp³-hybridized carbons (Fsp3) is 0.417. The Kier molecular flexibility index (Phi) is 7.93. The van der Waals surface area contributed by atoms with Gasteiger partial charge in [-0.2, -0.15) is 4.31 Å². The van der Waals surface area contributed by atoms with E-state index in [1.54, 1.807) is 30.0 Å². The zero-order valence-electron chi connectivity index (χ0n) is 19.6. The Morgan fingerprint density at radius 2 is 1.65 bits per heavy atom. The number of hydrogen-bond acceptors (Lipinski definition) is 5. The first kappa shape index (κ1) is 25.6. The zero-order chi connectivity index (χ0) is 24.9. The van der Waals surface area contributed by atoms with Gasteiger partial charge in [0.1, 0.15) is 5.82 Å². The van der Waals surface area contributed by atoms with Crippen molar-refractivity contribution in [2.75, 3.05) is 39.3 Å². The molecule has 0 atom stereocenters. The summed E-state index contributed by atoms with van der Waals surface area (Å²) in [6.07, 6.45) is 0. The number of hydrogen-bond donors (Lipinski definition) is 1. The van der Waals surface area contributed by atoms with E-state index in [0.29, 0.717) is 5.56 Å². The Bertz CT molecular complexity index is 1130. The van der Waals surface area contributed by atoms with Crippen molar-refractivity contribution in [3.05, 3.63) is 65.5 Å². The molecule has 0 spiro atoms. The number of sulfonamides is 1. The summed E-state index contributed by atoms with van der Waals surface area (Å²) in [6.45, 7) is 6.61. The number of halogens is 1. The lowest BCUT2D eigenvalue weighted by Crippen LogP contribution is -2.54. The molecular weight excluding hydrogens is 461 g/mol. The van der Waals surface area contributed by atoms with E-state index in [0.717, 1.165) is 0 Å². The second-order valence-electron chi connectivity index (χ2n) is 8.66. The lowest BCUT2D eigenvalue weighted by atomic mass is 9.84. The highest BCUT2D eigenvalue weighted by molar-refractivity contribution is 7.89. The highest BCUT2D eigenvalue weighted by Gasteiger charge is 2.31. The maximum Gasteiger partial charge on any atom is 0.338 e. The second-order valence-corrected chi connectivity index (χ2v) is 10.6. The van der Waals surface area contributed by atoms with E-state index >= 15 is 0 Å². The van der Waals surface area contributed by atoms with Crippen LogP contribution in [0.2, 0.25) is 0 Å². The molecule has 2 aromatic carbocycles. The molecule has 184 valence electrons. The fourth-order valence-electron chi connectivity index (χ4n) is 3.77. The Hall–Kier alpha value is -2.98. The molecular formula is C24H30FN3O5S. The van der Waals surface area contributed by atoms with Crippen molar-refractivity contribution in [1.29, 1.82) is 0 Å². The van der Waals surface area contributed by atoms with Crippen molar-refractivity contribution in [3.63, 3.8) is 0 Å². The summed E-state index contributed by atoms with van der Waals surface area (Å²) in [5, 5.41) is 2.84. The predicted molar refractivity (Wildman–Crippen MR) is 126 cm³/mol. The van der Waals surface area contributed by atoms with Crippen LogP contribution in [0.4, 0.5) is 9.18 Å². The SMILES string of the molecule is CCOC(=O)c1ccc(S(=O)(=O)N2CCN(C(=O)NCC(C)(C)c3ccccc3F)CC2)cc1. The summed E-state index contributed by atoms with van der Waals surface area (Å²) in [6, 6.07) is 11.8. The molecule has 2 aromatic rings. The smallest absolute Gasteiger partial charge is 0.338 e. The van der Waals surface area contributed by atoms with Gasteiger partial charge in [0, 0.05) is 38.1 Å². The average Bonchev–Trinajstić information content (AvgIpc) is 2.83. The summed E-state index contributed by atoms with van der Waals surface area (Å²) in [5.41, 5.74) is 0.183. The van der Waals surface area contributed by atoms with Gasteiger partial charge < -0.3 is 15.0 Å². The topological polar surface area (TPSA) is 96.0 Å². The molecule has 1 saturated heterocycles. The number of amides is 2. The van der Waals surface area contributed by atoms with Gasteiger partial charge in [-0.25, -0.2) is 22.4 Å². The lowest BCUT2D eigenvalue weighted by molar-refractivity contribution is 0.0526. The van der Waals surface area contributed by atoms with E-state index in [4.69, 9.17) is 4.74 Å². The van der Waals surface area contributed by atoms with Crippen LogP contribution in [0.25, 0.3) is 0 Å². The van der Waals surface area contributed by atoms with Crippen molar-refractivity contribution in [3.8, 4) is 0 Å². The summed E-state index contributed by atoms with van der Waals surface area (Å²) >= 11 is 0. The molecule has 10 heteroatoms. The Labute approximate surface area is 199 Å². The van der Waals surface area contributed by atoms with Crippen molar-refractivity contribution >= 4 is 22.0 Å². The maximum atomic E-state index is 14.1. The summed E-state index contributed by atoms with van der Waals surface area (Å²) in [5.74, 6) is -0.833. The number of benzene rings is 2. The first-order chi connectivity index (χ1) is 16.1. The third kappa shape index (κ3) is 5.74. The zero-order valence-corrected chi connectivity index (χ0v) is 20.4. The van der Waals surface area contributed by atoms with Gasteiger partial charge in [-0.3, -0.25) is 0 Å². The molecule has 1 N–H and O–H groups in total. The summed E-state index contributed by atoms with van der Waals surface area (Å²) < 4.78 is 46.3. The quantitative estimate of drug-likeness (QED) is 0.601. The first-order valence-electron chi connectivity index (χ1n) is 11.1. The number of urea groups is 1. The molecule has 0 saturated carbocycles. The van der Waals surface area contributed by atoms with Crippen LogP contribution in [0.1, 0.15) is 36.7 Å². The number of rotatable bonds is 7. The Balaban J connectivity index is 1.56. The standard InChI is InChI=1S/C24H30FN3O5S/c1-4-33-22(29)18-9-11-19(12-10-18)34(31,32)28-15-13-27(14-16-28)23(30)26-17-24(2,3)20-7-5-6-8-21(20)25/h5-12H,4,13-17H2,1-3H3,(H,26,30). The van der Waals surface area contributed by atoms with Gasteiger partial charge in [-0.15, -0.1) is 0 Å². The van der Waals surface area contributed by atoms with Crippen LogP contribution in [0, 0.1) is 5.82 Å². The van der Waals surface area contributed by atoms with Crippen LogP contribution in [-0.2, 0) is 20.2 Å². The van der Waals surface area contributed by atoms with E-state index in [1.165, 1.54) is 34.6 Å². The molecule has 8 nitrogen and oxygen atoms in total. The number of esters is 1. The highest BCUT2D eigenvalue weighted by Crippen LogP contribution is 2.25. The molecule has 1 aliphatic heterocycles. The van der Waals surface area contributed by atoms with Gasteiger partial charge in [-0.05, 0) is 42.8 Å². The van der Waals surface area contributed by atoms with Gasteiger partial charge in [0.05, 0.1) is 17.1 Å². The molecule has 0 aliphatic carbocycles. The van der Waals surface area contributed by atoms with Gasteiger partial charge in [0.25, 0.3) is 0 Å².